The highest BCUT2D eigenvalue weighted by Gasteiger charge is 2.22. The maximum Gasteiger partial charge on any atom is 0.389 e. The smallest absolute Gasteiger partial charge is 0.389 e. The molecule has 8 nitrogen and oxygen atoms in total. The number of rotatable bonds is 6. The van der Waals surface area contributed by atoms with Crippen LogP contribution in [-0.4, -0.2) is 29.9 Å². The van der Waals surface area contributed by atoms with Crippen molar-refractivity contribution in [1.29, 1.82) is 0 Å². The van der Waals surface area contributed by atoms with Crippen LogP contribution in [0.4, 0.5) is 4.79 Å². The van der Waals surface area contributed by atoms with Crippen molar-refractivity contribution in [2.24, 2.45) is 5.73 Å². The summed E-state index contributed by atoms with van der Waals surface area (Å²) < 4.78 is 19.9. The van der Waals surface area contributed by atoms with Crippen molar-refractivity contribution in [2.75, 3.05) is 7.11 Å². The Labute approximate surface area is 114 Å². The van der Waals surface area contributed by atoms with E-state index < -0.39 is 25.3 Å². The second-order valence-electron chi connectivity index (χ2n) is 3.85. The van der Waals surface area contributed by atoms with E-state index in [1.807, 2.05) is 0 Å². The van der Waals surface area contributed by atoms with Crippen LogP contribution < -0.4 is 15.2 Å². The number of carboxylic acids is 1. The Morgan fingerprint density at radius 1 is 1.40 bits per heavy atom. The number of methoxy groups -OCH3 is 1. The van der Waals surface area contributed by atoms with Crippen LogP contribution in [0.15, 0.2) is 24.3 Å². The fourth-order valence-electron chi connectivity index (χ4n) is 1.32. The molecule has 0 aliphatic heterocycles. The van der Waals surface area contributed by atoms with E-state index in [9.17, 15) is 19.0 Å². The molecule has 1 aromatic rings. The topological polar surface area (TPSA) is 139 Å². The summed E-state index contributed by atoms with van der Waals surface area (Å²) in [5, 5.41) is 8.66. The fourth-order valence-corrected chi connectivity index (χ4v) is 2.01. The summed E-state index contributed by atoms with van der Waals surface area (Å²) >= 11 is 0. The summed E-state index contributed by atoms with van der Waals surface area (Å²) in [4.78, 5) is 32.8. The van der Waals surface area contributed by atoms with Crippen molar-refractivity contribution in [1.82, 2.24) is 0 Å². The van der Waals surface area contributed by atoms with E-state index in [0.717, 1.165) is 7.11 Å². The maximum atomic E-state index is 11.3. The minimum atomic E-state index is -4.79. The third-order valence-electron chi connectivity index (χ3n) is 2.32. The van der Waals surface area contributed by atoms with Crippen LogP contribution in [0.2, 0.25) is 0 Å². The number of hydrogen-bond acceptors (Lipinski definition) is 7. The van der Waals surface area contributed by atoms with Crippen LogP contribution in [-0.2, 0) is 20.5 Å². The molecule has 1 unspecified atom stereocenters. The highest BCUT2D eigenvalue weighted by Crippen LogP contribution is 2.40. The van der Waals surface area contributed by atoms with E-state index in [0.29, 0.717) is 5.56 Å². The maximum absolute atomic E-state index is 11.3. The molecule has 1 aromatic carbocycles. The molecule has 3 N–H and O–H groups in total. The third kappa shape index (κ3) is 4.34. The number of nitrogens with two attached hydrogens (primary N) is 1. The number of carboxylic acid groups (broad SMARTS) is 1. The number of ether oxygens (including phenoxy) is 1. The zero-order valence-electron chi connectivity index (χ0n) is 10.5. The molecule has 2 atom stereocenters. The van der Waals surface area contributed by atoms with Crippen molar-refractivity contribution in [3.8, 4) is 5.75 Å². The Morgan fingerprint density at radius 3 is 2.40 bits per heavy atom. The molecule has 0 amide bonds. The molecule has 110 valence electrons. The first kappa shape index (κ1) is 16.2. The molecule has 0 spiro atoms. The zero-order valence-corrected chi connectivity index (χ0v) is 11.4. The Morgan fingerprint density at radius 2 is 1.95 bits per heavy atom. The molecule has 0 saturated heterocycles. The van der Waals surface area contributed by atoms with Crippen LogP contribution in [0.5, 0.6) is 5.75 Å². The normalized spacial score (nSPS) is 14.9. The van der Waals surface area contributed by atoms with Crippen molar-refractivity contribution in [3.63, 3.8) is 0 Å². The van der Waals surface area contributed by atoms with Gasteiger partial charge in [0, 0.05) is 0 Å². The van der Waals surface area contributed by atoms with Gasteiger partial charge in [0.15, 0.2) is 0 Å². The van der Waals surface area contributed by atoms with Gasteiger partial charge in [0.05, 0.1) is 7.11 Å². The largest absolute Gasteiger partial charge is 0.761 e. The molecule has 0 saturated carbocycles. The Balaban J connectivity index is 2.75. The first-order valence-corrected chi connectivity index (χ1v) is 6.97. The summed E-state index contributed by atoms with van der Waals surface area (Å²) in [5.41, 5.74) is 4.47. The van der Waals surface area contributed by atoms with Crippen molar-refractivity contribution in [3.05, 3.63) is 29.8 Å². The lowest BCUT2D eigenvalue weighted by Gasteiger charge is -2.20. The van der Waals surface area contributed by atoms with Gasteiger partial charge in [-0.15, -0.1) is 0 Å². The molecule has 20 heavy (non-hydrogen) atoms. The van der Waals surface area contributed by atoms with Crippen molar-refractivity contribution in [2.45, 2.75) is 12.5 Å². The SMILES string of the molecule is COC(=O)P(=O)([O-])Oc1ccc(C[C@H](N)C(=O)O)cc1. The van der Waals surface area contributed by atoms with Gasteiger partial charge in [0.25, 0.3) is 7.60 Å². The quantitative estimate of drug-likeness (QED) is 0.717. The van der Waals surface area contributed by atoms with Crippen LogP contribution >= 0.6 is 7.60 Å². The molecule has 0 aliphatic carbocycles. The van der Waals surface area contributed by atoms with E-state index >= 15 is 0 Å². The number of benzene rings is 1. The lowest BCUT2D eigenvalue weighted by atomic mass is 10.1. The minimum Gasteiger partial charge on any atom is -0.761 e. The predicted molar refractivity (Wildman–Crippen MR) is 66.4 cm³/mol. The standard InChI is InChI=1S/C11H14NO7P/c1-18-11(15)20(16,17)19-8-4-2-7(3-5-8)6-9(12)10(13)14/h2-5,9H,6,12H2,1H3,(H,13,14)(H,16,17)/p-1/t9-/m0/s1. The average molecular weight is 302 g/mol. The van der Waals surface area contributed by atoms with Crippen LogP contribution in [0.25, 0.3) is 0 Å². The average Bonchev–Trinajstić information content (AvgIpc) is 2.39. The van der Waals surface area contributed by atoms with Gasteiger partial charge < -0.3 is 25.0 Å². The fraction of sp³-hybridized carbons (Fsp3) is 0.273. The van der Waals surface area contributed by atoms with Crippen LogP contribution in [0, 0.1) is 0 Å². The van der Waals surface area contributed by atoms with Crippen molar-refractivity contribution < 1.29 is 33.4 Å². The van der Waals surface area contributed by atoms with Crippen molar-refractivity contribution >= 4 is 19.3 Å². The highest BCUT2D eigenvalue weighted by molar-refractivity contribution is 7.69. The highest BCUT2D eigenvalue weighted by atomic mass is 31.2. The molecule has 1 rings (SSSR count). The second-order valence-corrected chi connectivity index (χ2v) is 5.39. The van der Waals surface area contributed by atoms with E-state index in [1.54, 1.807) is 0 Å². The second kappa shape index (κ2) is 6.51. The summed E-state index contributed by atoms with van der Waals surface area (Å²) in [7, 11) is -3.87. The van der Waals surface area contributed by atoms with Gasteiger partial charge in [-0.1, -0.05) is 12.1 Å². The molecule has 0 aromatic heterocycles. The van der Waals surface area contributed by atoms with Gasteiger partial charge in [-0.25, -0.2) is 4.79 Å². The number of aliphatic carboxylic acids is 1. The third-order valence-corrected chi connectivity index (χ3v) is 3.40. The van der Waals surface area contributed by atoms with Gasteiger partial charge in [0.2, 0.25) is 0 Å². The number of carbonyl (C=O) groups excluding carboxylic acids is 1. The zero-order chi connectivity index (χ0) is 15.3. The van der Waals surface area contributed by atoms with E-state index in [2.05, 4.69) is 9.26 Å². The molecule has 0 heterocycles. The lowest BCUT2D eigenvalue weighted by Crippen LogP contribution is -2.32. The van der Waals surface area contributed by atoms with E-state index in [1.165, 1.54) is 24.3 Å². The molecule has 0 fully saturated rings. The monoisotopic (exact) mass is 302 g/mol. The molecule has 9 heteroatoms. The van der Waals surface area contributed by atoms with Gasteiger partial charge in [0.1, 0.15) is 11.8 Å². The number of hydrogen-bond donors (Lipinski definition) is 2. The Bertz CT molecular complexity index is 542. The number of carbonyl (C=O) groups is 2. The first-order chi connectivity index (χ1) is 9.26. The molecule has 0 bridgehead atoms. The molecule has 0 aliphatic rings. The van der Waals surface area contributed by atoms with Gasteiger partial charge >= 0.3 is 11.7 Å². The van der Waals surface area contributed by atoms with E-state index in [4.69, 9.17) is 10.8 Å². The molecular formula is C11H13NO7P-. The summed E-state index contributed by atoms with van der Waals surface area (Å²) in [6.07, 6.45) is 0.0850. The minimum absolute atomic E-state index is 0.0821. The Kier molecular flexibility index (Phi) is 5.26. The van der Waals surface area contributed by atoms with Crippen LogP contribution in [0.3, 0.4) is 0 Å². The first-order valence-electron chi connectivity index (χ1n) is 5.42. The summed E-state index contributed by atoms with van der Waals surface area (Å²) in [5.74, 6) is -1.22. The predicted octanol–water partition coefficient (Wildman–Crippen LogP) is 0.340. The lowest BCUT2D eigenvalue weighted by molar-refractivity contribution is -0.188. The van der Waals surface area contributed by atoms with Gasteiger partial charge in [-0.05, 0) is 24.1 Å². The Hall–Kier alpha value is -1.89. The van der Waals surface area contributed by atoms with Crippen LogP contribution in [0.1, 0.15) is 5.56 Å². The molecular weight excluding hydrogens is 289 g/mol. The summed E-state index contributed by atoms with van der Waals surface area (Å²) in [6.45, 7) is 0. The van der Waals surface area contributed by atoms with Gasteiger partial charge in [-0.3, -0.25) is 9.36 Å². The van der Waals surface area contributed by atoms with E-state index in [-0.39, 0.29) is 12.2 Å². The summed E-state index contributed by atoms with van der Waals surface area (Å²) in [6, 6.07) is 4.43. The molecule has 0 radical (unpaired) electrons. The van der Waals surface area contributed by atoms with Gasteiger partial charge in [-0.2, -0.15) is 0 Å².